The molecule has 0 fully saturated rings. The lowest BCUT2D eigenvalue weighted by Gasteiger charge is -2.08. The average molecular weight is 396 g/mol. The van der Waals surface area contributed by atoms with E-state index in [0.29, 0.717) is 0 Å². The van der Waals surface area contributed by atoms with Crippen molar-refractivity contribution in [1.82, 2.24) is 10.2 Å². The van der Waals surface area contributed by atoms with Gasteiger partial charge in [-0.15, -0.1) is 21.5 Å². The number of benzene rings is 1. The number of aryl methyl sites for hydroxylation is 1. The van der Waals surface area contributed by atoms with E-state index in [4.69, 9.17) is 0 Å². The van der Waals surface area contributed by atoms with E-state index >= 15 is 0 Å². The fourth-order valence-electron chi connectivity index (χ4n) is 2.06. The Hall–Kier alpha value is -2.59. The van der Waals surface area contributed by atoms with Crippen LogP contribution in [0.3, 0.4) is 0 Å². The molecule has 0 saturated heterocycles. The molecule has 136 valence electrons. The molecule has 2 N–H and O–H groups in total. The van der Waals surface area contributed by atoms with Crippen LogP contribution in [0, 0.1) is 11.6 Å². The molecule has 0 aliphatic carbocycles. The van der Waals surface area contributed by atoms with Crippen molar-refractivity contribution in [3.8, 4) is 0 Å². The Morgan fingerprint density at radius 3 is 2.38 bits per heavy atom. The Balaban J connectivity index is 1.73. The molecular weight excluding hydrogens is 382 g/mol. The molecule has 3 aromatic rings. The highest BCUT2D eigenvalue weighted by Gasteiger charge is 2.17. The number of nitrogens with zero attached hydrogens (tertiary/aromatic N) is 2. The first kappa shape index (κ1) is 18.2. The number of nitrogens with one attached hydrogen (secondary N) is 2. The van der Waals surface area contributed by atoms with Gasteiger partial charge in [-0.2, -0.15) is 0 Å². The van der Waals surface area contributed by atoms with Crippen LogP contribution in [0.1, 0.15) is 11.8 Å². The van der Waals surface area contributed by atoms with Gasteiger partial charge >= 0.3 is 0 Å². The van der Waals surface area contributed by atoms with Gasteiger partial charge in [-0.05, 0) is 42.8 Å². The molecule has 0 spiro atoms. The van der Waals surface area contributed by atoms with Crippen LogP contribution in [0.15, 0.2) is 46.7 Å². The summed E-state index contributed by atoms with van der Waals surface area (Å²) in [7, 11) is -3.74. The Morgan fingerprint density at radius 2 is 1.77 bits per heavy atom. The molecule has 2 aromatic heterocycles. The van der Waals surface area contributed by atoms with Crippen LogP contribution < -0.4 is 10.0 Å². The highest BCUT2D eigenvalue weighted by atomic mass is 32.2. The molecule has 26 heavy (non-hydrogen) atoms. The van der Waals surface area contributed by atoms with Gasteiger partial charge in [0.1, 0.15) is 15.8 Å². The van der Waals surface area contributed by atoms with E-state index in [9.17, 15) is 17.2 Å². The van der Waals surface area contributed by atoms with E-state index in [1.807, 2.05) is 6.92 Å². The molecular formula is C16H14F2N4O2S2. The van der Waals surface area contributed by atoms with Gasteiger partial charge < -0.3 is 5.32 Å². The largest absolute Gasteiger partial charge is 0.336 e. The Labute approximate surface area is 153 Å². The summed E-state index contributed by atoms with van der Waals surface area (Å²) >= 11 is 1.18. The van der Waals surface area contributed by atoms with Gasteiger partial charge in [0.25, 0.3) is 10.0 Å². The van der Waals surface area contributed by atoms with Gasteiger partial charge in [0.15, 0.2) is 11.6 Å². The number of aromatic nitrogens is 2. The summed E-state index contributed by atoms with van der Waals surface area (Å²) in [6, 6.07) is 9.19. The van der Waals surface area contributed by atoms with Crippen LogP contribution >= 0.6 is 11.3 Å². The molecule has 0 unspecified atom stereocenters. The normalized spacial score (nSPS) is 11.3. The molecule has 6 nitrogen and oxygen atoms in total. The third-order valence-corrected chi connectivity index (χ3v) is 6.42. The Bertz CT molecular complexity index is 1020. The summed E-state index contributed by atoms with van der Waals surface area (Å²) < 4.78 is 53.7. The molecule has 0 radical (unpaired) electrons. The second-order valence-electron chi connectivity index (χ2n) is 5.23. The second-order valence-corrected chi connectivity index (χ2v) is 8.31. The average Bonchev–Trinajstić information content (AvgIpc) is 3.09. The number of rotatable bonds is 6. The lowest BCUT2D eigenvalue weighted by Crippen LogP contribution is -2.13. The van der Waals surface area contributed by atoms with E-state index in [1.165, 1.54) is 35.6 Å². The highest BCUT2D eigenvalue weighted by Crippen LogP contribution is 2.24. The molecule has 0 amide bonds. The second kappa shape index (κ2) is 7.34. The lowest BCUT2D eigenvalue weighted by atomic mass is 10.3. The van der Waals surface area contributed by atoms with Crippen molar-refractivity contribution in [2.75, 3.05) is 10.0 Å². The predicted octanol–water partition coefficient (Wildman–Crippen LogP) is 3.92. The predicted molar refractivity (Wildman–Crippen MR) is 96.2 cm³/mol. The van der Waals surface area contributed by atoms with Crippen molar-refractivity contribution >= 4 is 38.7 Å². The molecule has 3 rings (SSSR count). The molecule has 0 aliphatic heterocycles. The maximum atomic E-state index is 13.6. The first-order chi connectivity index (χ1) is 12.4. The van der Waals surface area contributed by atoms with E-state index in [2.05, 4.69) is 20.2 Å². The number of hydrogen-bond donors (Lipinski definition) is 2. The minimum atomic E-state index is -3.74. The monoisotopic (exact) mass is 396 g/mol. The number of halogens is 2. The number of thiophene rings is 1. The zero-order valence-electron chi connectivity index (χ0n) is 13.5. The van der Waals surface area contributed by atoms with Crippen molar-refractivity contribution in [2.24, 2.45) is 0 Å². The smallest absolute Gasteiger partial charge is 0.272 e. The topological polar surface area (TPSA) is 84.0 Å². The number of hydrogen-bond acceptors (Lipinski definition) is 6. The van der Waals surface area contributed by atoms with E-state index in [0.717, 1.165) is 23.4 Å². The maximum Gasteiger partial charge on any atom is 0.272 e. The van der Waals surface area contributed by atoms with E-state index < -0.39 is 21.7 Å². The molecule has 0 saturated carbocycles. The first-order valence-corrected chi connectivity index (χ1v) is 9.84. The molecule has 0 aliphatic rings. The zero-order valence-corrected chi connectivity index (χ0v) is 15.2. The van der Waals surface area contributed by atoms with Crippen LogP contribution in [0.2, 0.25) is 0 Å². The fraction of sp³-hybridized carbons (Fsp3) is 0.125. The molecule has 0 atom stereocenters. The quantitative estimate of drug-likeness (QED) is 0.660. The summed E-state index contributed by atoms with van der Waals surface area (Å²) in [5.41, 5.74) is 0.0275. The Kier molecular flexibility index (Phi) is 5.14. The maximum absolute atomic E-state index is 13.6. The zero-order chi connectivity index (χ0) is 18.7. The van der Waals surface area contributed by atoms with Crippen LogP contribution in [0.25, 0.3) is 0 Å². The summed E-state index contributed by atoms with van der Waals surface area (Å²) in [6.07, 6.45) is 0.750. The van der Waals surface area contributed by atoms with Crippen LogP contribution in [0.4, 0.5) is 26.1 Å². The van der Waals surface area contributed by atoms with Gasteiger partial charge in [-0.25, -0.2) is 17.2 Å². The van der Waals surface area contributed by atoms with Crippen molar-refractivity contribution in [3.63, 3.8) is 0 Å². The summed E-state index contributed by atoms with van der Waals surface area (Å²) in [6.45, 7) is 1.94. The third-order valence-electron chi connectivity index (χ3n) is 3.35. The highest BCUT2D eigenvalue weighted by molar-refractivity contribution is 7.94. The van der Waals surface area contributed by atoms with E-state index in [-0.39, 0.29) is 21.5 Å². The third kappa shape index (κ3) is 4.14. The first-order valence-electron chi connectivity index (χ1n) is 7.55. The molecule has 0 bridgehead atoms. The van der Waals surface area contributed by atoms with Crippen LogP contribution in [0.5, 0.6) is 0 Å². The standard InChI is InChI=1S/C16H14F2N4O2S2/c1-2-11-4-8-16(25-11)26(23,24)22-15-7-6-14(20-21-15)19-13-5-3-10(17)9-12(13)18/h3-9H,2H2,1H3,(H,19,20)(H,21,22). The van der Waals surface area contributed by atoms with Crippen molar-refractivity contribution in [3.05, 3.63) is 59.0 Å². The minimum absolute atomic E-state index is 0.0275. The molecule has 10 heteroatoms. The van der Waals surface area contributed by atoms with E-state index in [1.54, 1.807) is 6.07 Å². The van der Waals surface area contributed by atoms with Gasteiger partial charge in [0.2, 0.25) is 0 Å². The van der Waals surface area contributed by atoms with Gasteiger partial charge in [0.05, 0.1) is 5.69 Å². The molecule has 2 heterocycles. The van der Waals surface area contributed by atoms with Crippen LogP contribution in [-0.2, 0) is 16.4 Å². The minimum Gasteiger partial charge on any atom is -0.336 e. The SMILES string of the molecule is CCc1ccc(S(=O)(=O)Nc2ccc(Nc3ccc(F)cc3F)nn2)s1. The summed E-state index contributed by atoms with van der Waals surface area (Å²) in [5.74, 6) is -1.26. The Morgan fingerprint density at radius 1 is 1.04 bits per heavy atom. The van der Waals surface area contributed by atoms with Crippen molar-refractivity contribution in [2.45, 2.75) is 17.6 Å². The van der Waals surface area contributed by atoms with Crippen molar-refractivity contribution < 1.29 is 17.2 Å². The lowest BCUT2D eigenvalue weighted by molar-refractivity contribution is 0.586. The summed E-state index contributed by atoms with van der Waals surface area (Å²) in [4.78, 5) is 0.956. The van der Waals surface area contributed by atoms with Gasteiger partial charge in [-0.3, -0.25) is 4.72 Å². The van der Waals surface area contributed by atoms with Crippen molar-refractivity contribution in [1.29, 1.82) is 0 Å². The fourth-order valence-corrected chi connectivity index (χ4v) is 4.35. The van der Waals surface area contributed by atoms with Gasteiger partial charge in [0, 0.05) is 10.9 Å². The number of sulfonamides is 1. The summed E-state index contributed by atoms with van der Waals surface area (Å²) in [5, 5.41) is 10.2. The molecule has 1 aromatic carbocycles. The number of anilines is 3. The van der Waals surface area contributed by atoms with Gasteiger partial charge in [-0.1, -0.05) is 6.92 Å². The van der Waals surface area contributed by atoms with Crippen LogP contribution in [-0.4, -0.2) is 18.6 Å².